The van der Waals surface area contributed by atoms with Crippen molar-refractivity contribution in [3.8, 4) is 5.75 Å². The number of nitrogens with one attached hydrogen (secondary N) is 1. The lowest BCUT2D eigenvalue weighted by Gasteiger charge is -2.04. The van der Waals surface area contributed by atoms with Crippen LogP contribution in [0.5, 0.6) is 5.75 Å². The van der Waals surface area contributed by atoms with Gasteiger partial charge >= 0.3 is 0 Å². The fraction of sp³-hybridized carbons (Fsp3) is 0.167. The van der Waals surface area contributed by atoms with Gasteiger partial charge in [0.25, 0.3) is 0 Å². The van der Waals surface area contributed by atoms with Crippen LogP contribution in [0.4, 0.5) is 0 Å². The summed E-state index contributed by atoms with van der Waals surface area (Å²) in [6.45, 7) is 4.58. The molecule has 0 spiro atoms. The lowest BCUT2D eigenvalue weighted by molar-refractivity contribution is 0.104. The molecule has 3 rings (SSSR count). The lowest BCUT2D eigenvalue weighted by atomic mass is 10.0. The van der Waals surface area contributed by atoms with Crippen molar-refractivity contribution in [3.63, 3.8) is 0 Å². The van der Waals surface area contributed by atoms with E-state index in [1.54, 1.807) is 6.20 Å². The van der Waals surface area contributed by atoms with E-state index < -0.39 is 0 Å². The minimum atomic E-state index is 0.0231. The van der Waals surface area contributed by atoms with Crippen molar-refractivity contribution in [2.75, 3.05) is 6.61 Å². The van der Waals surface area contributed by atoms with Gasteiger partial charge in [0.1, 0.15) is 5.75 Å². The zero-order valence-corrected chi connectivity index (χ0v) is 12.1. The van der Waals surface area contributed by atoms with Crippen molar-refractivity contribution in [2.45, 2.75) is 13.8 Å². The van der Waals surface area contributed by atoms with Crippen LogP contribution in [-0.2, 0) is 0 Å². The summed E-state index contributed by atoms with van der Waals surface area (Å²) in [5.74, 6) is 0.804. The van der Waals surface area contributed by atoms with E-state index in [2.05, 4.69) is 4.98 Å². The van der Waals surface area contributed by atoms with Crippen LogP contribution in [0, 0.1) is 6.92 Å². The Bertz CT molecular complexity index is 785. The summed E-state index contributed by atoms with van der Waals surface area (Å²) in [7, 11) is 0. The minimum Gasteiger partial charge on any atom is -0.494 e. The molecule has 1 N–H and O–H groups in total. The number of aromatic amines is 1. The van der Waals surface area contributed by atoms with Crippen molar-refractivity contribution in [1.29, 1.82) is 0 Å². The normalized spacial score (nSPS) is 10.8. The summed E-state index contributed by atoms with van der Waals surface area (Å²) in [4.78, 5) is 15.8. The Morgan fingerprint density at radius 3 is 2.62 bits per heavy atom. The Kier molecular flexibility index (Phi) is 3.48. The predicted octanol–water partition coefficient (Wildman–Crippen LogP) is 4.11. The summed E-state index contributed by atoms with van der Waals surface area (Å²) in [6.07, 6.45) is 1.78. The summed E-state index contributed by atoms with van der Waals surface area (Å²) < 4.78 is 5.40. The lowest BCUT2D eigenvalue weighted by Crippen LogP contribution is -2.00. The third-order valence-electron chi connectivity index (χ3n) is 3.51. The number of hydrogen-bond acceptors (Lipinski definition) is 2. The molecule has 2 aromatic carbocycles. The van der Waals surface area contributed by atoms with E-state index in [1.165, 1.54) is 0 Å². The Labute approximate surface area is 123 Å². The number of ketones is 1. The van der Waals surface area contributed by atoms with Gasteiger partial charge in [0.15, 0.2) is 5.78 Å². The van der Waals surface area contributed by atoms with Gasteiger partial charge in [-0.1, -0.05) is 11.6 Å². The van der Waals surface area contributed by atoms with E-state index >= 15 is 0 Å². The monoisotopic (exact) mass is 279 g/mol. The van der Waals surface area contributed by atoms with Gasteiger partial charge in [-0.2, -0.15) is 0 Å². The molecule has 0 radical (unpaired) electrons. The van der Waals surface area contributed by atoms with E-state index in [4.69, 9.17) is 4.74 Å². The fourth-order valence-electron chi connectivity index (χ4n) is 2.45. The average molecular weight is 279 g/mol. The number of H-pyrrole nitrogens is 1. The van der Waals surface area contributed by atoms with Crippen LogP contribution < -0.4 is 4.74 Å². The third-order valence-corrected chi connectivity index (χ3v) is 3.51. The van der Waals surface area contributed by atoms with E-state index in [0.717, 1.165) is 22.2 Å². The number of carbonyl (C=O) groups is 1. The molecule has 21 heavy (non-hydrogen) atoms. The van der Waals surface area contributed by atoms with Gasteiger partial charge in [-0.25, -0.2) is 0 Å². The van der Waals surface area contributed by atoms with Crippen LogP contribution >= 0.6 is 0 Å². The molecule has 0 unspecified atom stereocenters. The first-order valence-electron chi connectivity index (χ1n) is 7.04. The summed E-state index contributed by atoms with van der Waals surface area (Å²) in [5, 5.41) is 0.967. The molecule has 3 aromatic rings. The molecule has 3 heteroatoms. The first-order valence-corrected chi connectivity index (χ1v) is 7.04. The van der Waals surface area contributed by atoms with Crippen LogP contribution in [0.1, 0.15) is 28.4 Å². The number of aromatic nitrogens is 1. The molecule has 0 aliphatic carbocycles. The van der Waals surface area contributed by atoms with Gasteiger partial charge in [0, 0.05) is 28.2 Å². The molecule has 0 aliphatic heterocycles. The van der Waals surface area contributed by atoms with Gasteiger partial charge in [-0.05, 0) is 50.2 Å². The molecule has 0 saturated carbocycles. The van der Waals surface area contributed by atoms with Crippen molar-refractivity contribution < 1.29 is 9.53 Å². The summed E-state index contributed by atoms with van der Waals surface area (Å²) in [5.41, 5.74) is 3.50. The molecule has 0 aliphatic rings. The molecule has 3 nitrogen and oxygen atoms in total. The second-order valence-corrected chi connectivity index (χ2v) is 5.04. The van der Waals surface area contributed by atoms with E-state index in [9.17, 15) is 4.79 Å². The Morgan fingerprint density at radius 1 is 1.14 bits per heavy atom. The van der Waals surface area contributed by atoms with Crippen molar-refractivity contribution in [1.82, 2.24) is 4.98 Å². The summed E-state index contributed by atoms with van der Waals surface area (Å²) >= 11 is 0. The smallest absolute Gasteiger partial charge is 0.195 e. The molecule has 1 heterocycles. The number of hydrogen-bond donors (Lipinski definition) is 1. The van der Waals surface area contributed by atoms with Crippen molar-refractivity contribution >= 4 is 16.7 Å². The number of aryl methyl sites for hydroxylation is 1. The highest BCUT2D eigenvalue weighted by molar-refractivity contribution is 6.16. The number of fused-ring (bicyclic) bond motifs is 1. The largest absolute Gasteiger partial charge is 0.494 e. The fourth-order valence-corrected chi connectivity index (χ4v) is 2.45. The standard InChI is InChI=1S/C18H17NO2/c1-3-21-14-7-5-13(6-8-14)18(20)16-11-19-17-9-4-12(2)10-15(16)17/h4-11,19H,3H2,1-2H3. The molecule has 0 amide bonds. The predicted molar refractivity (Wildman–Crippen MR) is 84.1 cm³/mol. The molecule has 1 aromatic heterocycles. The molecular formula is C18H17NO2. The zero-order valence-electron chi connectivity index (χ0n) is 12.1. The highest BCUT2D eigenvalue weighted by atomic mass is 16.5. The topological polar surface area (TPSA) is 42.1 Å². The molecule has 0 bridgehead atoms. The van der Waals surface area contributed by atoms with Gasteiger partial charge in [0.05, 0.1) is 6.61 Å². The van der Waals surface area contributed by atoms with Gasteiger partial charge in [-0.3, -0.25) is 4.79 Å². The Hall–Kier alpha value is -2.55. The van der Waals surface area contributed by atoms with Crippen molar-refractivity contribution in [3.05, 3.63) is 65.4 Å². The van der Waals surface area contributed by atoms with E-state index in [0.29, 0.717) is 17.7 Å². The van der Waals surface area contributed by atoms with Crippen LogP contribution in [-0.4, -0.2) is 17.4 Å². The first kappa shape index (κ1) is 13.4. The van der Waals surface area contributed by atoms with Crippen LogP contribution in [0.15, 0.2) is 48.7 Å². The van der Waals surface area contributed by atoms with Crippen molar-refractivity contribution in [2.24, 2.45) is 0 Å². The van der Waals surface area contributed by atoms with Crippen LogP contribution in [0.2, 0.25) is 0 Å². The van der Waals surface area contributed by atoms with E-state index in [-0.39, 0.29) is 5.78 Å². The maximum absolute atomic E-state index is 12.6. The molecular weight excluding hydrogens is 262 g/mol. The van der Waals surface area contributed by atoms with Gasteiger partial charge in [0.2, 0.25) is 0 Å². The molecule has 0 atom stereocenters. The molecule has 106 valence electrons. The molecule has 0 saturated heterocycles. The first-order chi connectivity index (χ1) is 10.2. The van der Waals surface area contributed by atoms with Gasteiger partial charge in [-0.15, -0.1) is 0 Å². The summed E-state index contributed by atoms with van der Waals surface area (Å²) in [6, 6.07) is 13.3. The zero-order chi connectivity index (χ0) is 14.8. The maximum Gasteiger partial charge on any atom is 0.195 e. The number of benzene rings is 2. The average Bonchev–Trinajstić information content (AvgIpc) is 2.90. The maximum atomic E-state index is 12.6. The van der Waals surface area contributed by atoms with Crippen LogP contribution in [0.25, 0.3) is 10.9 Å². The second-order valence-electron chi connectivity index (χ2n) is 5.04. The number of carbonyl (C=O) groups excluding carboxylic acids is 1. The highest BCUT2D eigenvalue weighted by Gasteiger charge is 2.14. The number of rotatable bonds is 4. The van der Waals surface area contributed by atoms with Gasteiger partial charge < -0.3 is 9.72 Å². The minimum absolute atomic E-state index is 0.0231. The Morgan fingerprint density at radius 2 is 1.90 bits per heavy atom. The molecule has 0 fully saturated rings. The van der Waals surface area contributed by atoms with Crippen LogP contribution in [0.3, 0.4) is 0 Å². The SMILES string of the molecule is CCOc1ccc(C(=O)c2c[nH]c3ccc(C)cc23)cc1. The number of ether oxygens (including phenoxy) is 1. The third kappa shape index (κ3) is 2.55. The quantitative estimate of drug-likeness (QED) is 0.730. The Balaban J connectivity index is 1.98. The second kappa shape index (κ2) is 5.44. The highest BCUT2D eigenvalue weighted by Crippen LogP contribution is 2.23. The van der Waals surface area contributed by atoms with E-state index in [1.807, 2.05) is 56.3 Å².